The Morgan fingerprint density at radius 1 is 1.54 bits per heavy atom. The molecule has 0 amide bonds. The number of terminal acetylenes is 1. The van der Waals surface area contributed by atoms with E-state index in [1.807, 2.05) is 5.70 Å². The second kappa shape index (κ2) is 4.88. The lowest BCUT2D eigenvalue weighted by Gasteiger charge is -2.10. The van der Waals surface area contributed by atoms with Crippen molar-refractivity contribution in [3.05, 3.63) is 11.3 Å². The van der Waals surface area contributed by atoms with Crippen LogP contribution in [0.1, 0.15) is 6.92 Å². The molecule has 0 heterocycles. The molecule has 13 heavy (non-hydrogen) atoms. The van der Waals surface area contributed by atoms with Gasteiger partial charge in [-0.3, -0.25) is 0 Å². The van der Waals surface area contributed by atoms with E-state index in [9.17, 15) is 4.79 Å². The molecule has 0 aromatic heterocycles. The molecule has 0 atom stereocenters. The van der Waals surface area contributed by atoms with Crippen LogP contribution in [0.5, 0.6) is 0 Å². The monoisotopic (exact) mass is 196 g/mol. The lowest BCUT2D eigenvalue weighted by atomic mass is 10.4. The standard InChI is InChI=1S/C10H16O2Si/c1-6-7-12-10(11)9(2)8-13(3,4)5/h1,8H,7H2,2-5H3. The molecule has 0 spiro atoms. The Balaban J connectivity index is 4.27. The van der Waals surface area contributed by atoms with Gasteiger partial charge in [-0.1, -0.05) is 31.3 Å². The third-order valence-corrected chi connectivity index (χ3v) is 2.56. The van der Waals surface area contributed by atoms with Crippen LogP contribution >= 0.6 is 0 Å². The first-order valence-electron chi connectivity index (χ1n) is 4.17. The van der Waals surface area contributed by atoms with Gasteiger partial charge in [-0.2, -0.15) is 0 Å². The smallest absolute Gasteiger partial charge is 0.333 e. The zero-order valence-electron chi connectivity index (χ0n) is 8.68. The summed E-state index contributed by atoms with van der Waals surface area (Å²) in [4.78, 5) is 11.2. The Labute approximate surface area is 81.0 Å². The number of esters is 1. The molecule has 3 heteroatoms. The van der Waals surface area contributed by atoms with Crippen LogP contribution in [0.4, 0.5) is 0 Å². The predicted molar refractivity (Wildman–Crippen MR) is 56.9 cm³/mol. The summed E-state index contributed by atoms with van der Waals surface area (Å²) in [6.07, 6.45) is 4.97. The Kier molecular flexibility index (Phi) is 4.50. The van der Waals surface area contributed by atoms with Gasteiger partial charge < -0.3 is 4.74 Å². The molecule has 72 valence electrons. The highest BCUT2D eigenvalue weighted by Gasteiger charge is 2.13. The zero-order chi connectivity index (χ0) is 10.5. The van der Waals surface area contributed by atoms with Crippen molar-refractivity contribution in [2.45, 2.75) is 26.6 Å². The summed E-state index contributed by atoms with van der Waals surface area (Å²) < 4.78 is 4.78. The molecule has 0 saturated heterocycles. The molecule has 0 N–H and O–H groups in total. The molecule has 0 aliphatic rings. The van der Waals surface area contributed by atoms with E-state index in [0.717, 1.165) is 0 Å². The van der Waals surface area contributed by atoms with Gasteiger partial charge in [-0.25, -0.2) is 4.79 Å². The summed E-state index contributed by atoms with van der Waals surface area (Å²) in [7, 11) is -1.34. The van der Waals surface area contributed by atoms with Crippen molar-refractivity contribution in [3.63, 3.8) is 0 Å². The highest BCUT2D eigenvalue weighted by Crippen LogP contribution is 2.07. The summed E-state index contributed by atoms with van der Waals surface area (Å²) in [5, 5.41) is 0. The molecule has 0 bridgehead atoms. The maximum Gasteiger partial charge on any atom is 0.333 e. The third-order valence-electron chi connectivity index (χ3n) is 1.26. The van der Waals surface area contributed by atoms with E-state index in [1.54, 1.807) is 6.92 Å². The summed E-state index contributed by atoms with van der Waals surface area (Å²) in [5.41, 5.74) is 2.67. The fourth-order valence-electron chi connectivity index (χ4n) is 0.929. The minimum Gasteiger partial charge on any atom is -0.449 e. The van der Waals surface area contributed by atoms with Crippen molar-refractivity contribution in [2.75, 3.05) is 6.61 Å². The van der Waals surface area contributed by atoms with Gasteiger partial charge in [0.2, 0.25) is 0 Å². The van der Waals surface area contributed by atoms with E-state index in [4.69, 9.17) is 11.2 Å². The van der Waals surface area contributed by atoms with Gasteiger partial charge in [0.1, 0.15) is 0 Å². The van der Waals surface area contributed by atoms with Crippen molar-refractivity contribution >= 4 is 14.0 Å². The van der Waals surface area contributed by atoms with Crippen molar-refractivity contribution in [1.29, 1.82) is 0 Å². The molecule has 0 aliphatic heterocycles. The Morgan fingerprint density at radius 2 is 2.08 bits per heavy atom. The van der Waals surface area contributed by atoms with Crippen molar-refractivity contribution in [3.8, 4) is 12.3 Å². The first-order valence-corrected chi connectivity index (χ1v) is 7.74. The molecule has 0 fully saturated rings. The summed E-state index contributed by atoms with van der Waals surface area (Å²) in [6.45, 7) is 8.29. The van der Waals surface area contributed by atoms with Crippen LogP contribution < -0.4 is 0 Å². The quantitative estimate of drug-likeness (QED) is 0.299. The Morgan fingerprint density at radius 3 is 2.46 bits per heavy atom. The van der Waals surface area contributed by atoms with Crippen LogP contribution in [0.15, 0.2) is 11.3 Å². The summed E-state index contributed by atoms with van der Waals surface area (Å²) >= 11 is 0. The fourth-order valence-corrected chi connectivity index (χ4v) is 2.35. The van der Waals surface area contributed by atoms with Crippen LogP contribution in [0.2, 0.25) is 19.6 Å². The topological polar surface area (TPSA) is 26.3 Å². The maximum absolute atomic E-state index is 11.2. The second-order valence-electron chi connectivity index (χ2n) is 3.97. The molecule has 0 aromatic rings. The van der Waals surface area contributed by atoms with E-state index in [2.05, 4.69) is 25.6 Å². The van der Waals surface area contributed by atoms with Crippen molar-refractivity contribution < 1.29 is 9.53 Å². The number of carbonyl (C=O) groups is 1. The van der Waals surface area contributed by atoms with Gasteiger partial charge in [-0.15, -0.1) is 6.42 Å². The Bertz CT molecular complexity index is 253. The highest BCUT2D eigenvalue weighted by molar-refractivity contribution is 6.81. The average molecular weight is 196 g/mol. The SMILES string of the molecule is C#CCOC(=O)C(C)=C[Si](C)(C)C. The van der Waals surface area contributed by atoms with Crippen LogP contribution in [-0.2, 0) is 9.53 Å². The lowest BCUT2D eigenvalue weighted by molar-refractivity contribution is -0.137. The molecular weight excluding hydrogens is 180 g/mol. The van der Waals surface area contributed by atoms with Gasteiger partial charge in [0.05, 0.1) is 8.07 Å². The predicted octanol–water partition coefficient (Wildman–Crippen LogP) is 1.99. The zero-order valence-corrected chi connectivity index (χ0v) is 9.68. The second-order valence-corrected chi connectivity index (χ2v) is 8.99. The van der Waals surface area contributed by atoms with Crippen LogP contribution in [0, 0.1) is 12.3 Å². The number of rotatable bonds is 3. The normalized spacial score (nSPS) is 12.1. The number of hydrogen-bond acceptors (Lipinski definition) is 2. The van der Waals surface area contributed by atoms with Gasteiger partial charge in [0.25, 0.3) is 0 Å². The van der Waals surface area contributed by atoms with Gasteiger partial charge in [0.15, 0.2) is 6.61 Å². The van der Waals surface area contributed by atoms with E-state index in [1.165, 1.54) is 0 Å². The minimum atomic E-state index is -1.34. The van der Waals surface area contributed by atoms with Gasteiger partial charge in [0, 0.05) is 5.57 Å². The number of ether oxygens (including phenoxy) is 1. The van der Waals surface area contributed by atoms with Crippen molar-refractivity contribution in [2.24, 2.45) is 0 Å². The number of hydrogen-bond donors (Lipinski definition) is 0. The third kappa shape index (κ3) is 6.18. The molecule has 0 rings (SSSR count). The molecule has 0 aliphatic carbocycles. The molecule has 0 aromatic carbocycles. The van der Waals surface area contributed by atoms with E-state index >= 15 is 0 Å². The largest absolute Gasteiger partial charge is 0.449 e. The van der Waals surface area contributed by atoms with E-state index < -0.39 is 8.07 Å². The number of carbonyl (C=O) groups excluding carboxylic acids is 1. The summed E-state index contributed by atoms with van der Waals surface area (Å²) in [6, 6.07) is 0. The Hall–Kier alpha value is -1.01. The molecule has 0 unspecified atom stereocenters. The van der Waals surface area contributed by atoms with Gasteiger partial charge in [-0.05, 0) is 6.92 Å². The van der Waals surface area contributed by atoms with Crippen molar-refractivity contribution in [1.82, 2.24) is 0 Å². The van der Waals surface area contributed by atoms with Crippen LogP contribution in [0.3, 0.4) is 0 Å². The fraction of sp³-hybridized carbons (Fsp3) is 0.500. The van der Waals surface area contributed by atoms with E-state index in [0.29, 0.717) is 5.57 Å². The van der Waals surface area contributed by atoms with Gasteiger partial charge >= 0.3 is 5.97 Å². The highest BCUT2D eigenvalue weighted by atomic mass is 28.3. The average Bonchev–Trinajstić information content (AvgIpc) is 1.96. The minimum absolute atomic E-state index is 0.0513. The first kappa shape index (κ1) is 12.0. The molecule has 0 saturated carbocycles. The molecular formula is C10H16O2Si. The summed E-state index contributed by atoms with van der Waals surface area (Å²) in [5.74, 6) is 1.95. The molecule has 0 radical (unpaired) electrons. The molecule has 2 nitrogen and oxygen atoms in total. The van der Waals surface area contributed by atoms with Crippen LogP contribution in [0.25, 0.3) is 0 Å². The van der Waals surface area contributed by atoms with Crippen LogP contribution in [-0.4, -0.2) is 20.7 Å². The lowest BCUT2D eigenvalue weighted by Crippen LogP contribution is -2.19. The maximum atomic E-state index is 11.2. The first-order chi connectivity index (χ1) is 5.87. The van der Waals surface area contributed by atoms with E-state index in [-0.39, 0.29) is 12.6 Å².